The highest BCUT2D eigenvalue weighted by atomic mass is 15.0. The fraction of sp³-hybridized carbons (Fsp3) is 0.154. The molecule has 1 aromatic carbocycles. The molecule has 1 aromatic heterocycles. The van der Waals surface area contributed by atoms with Gasteiger partial charge >= 0.3 is 0 Å². The lowest BCUT2D eigenvalue weighted by Crippen LogP contribution is -2.04. The van der Waals surface area contributed by atoms with Crippen LogP contribution in [0, 0.1) is 11.3 Å². The van der Waals surface area contributed by atoms with Crippen molar-refractivity contribution < 1.29 is 0 Å². The molecule has 4 heteroatoms. The van der Waals surface area contributed by atoms with Crippen molar-refractivity contribution in [3.63, 3.8) is 0 Å². The molecule has 0 fully saturated rings. The maximum absolute atomic E-state index is 8.48. The largest absolute Gasteiger partial charge is 0.357 e. The van der Waals surface area contributed by atoms with Gasteiger partial charge in [-0.1, -0.05) is 30.3 Å². The Labute approximate surface area is 100.0 Å². The molecule has 0 saturated carbocycles. The first-order valence-electron chi connectivity index (χ1n) is 5.35. The highest BCUT2D eigenvalue weighted by molar-refractivity contribution is 5.34. The van der Waals surface area contributed by atoms with Gasteiger partial charge in [0.2, 0.25) is 0 Å². The number of hydrogen-bond acceptors (Lipinski definition) is 4. The maximum atomic E-state index is 8.48. The lowest BCUT2D eigenvalue weighted by Gasteiger charge is -2.03. The molecule has 2 aromatic rings. The third-order valence-corrected chi connectivity index (χ3v) is 2.26. The number of nitrogens with one attached hydrogen (secondary N) is 1. The summed E-state index contributed by atoms with van der Waals surface area (Å²) in [6, 6.07) is 13.8. The van der Waals surface area contributed by atoms with Gasteiger partial charge in [0.15, 0.2) is 0 Å². The molecule has 0 spiro atoms. The van der Waals surface area contributed by atoms with Gasteiger partial charge in [-0.25, -0.2) is 9.97 Å². The highest BCUT2D eigenvalue weighted by Crippen LogP contribution is 2.07. The first kappa shape index (κ1) is 11.1. The molecule has 0 radical (unpaired) electrons. The Bertz CT molecular complexity index is 516. The van der Waals surface area contributed by atoms with Crippen LogP contribution in [0.4, 0.5) is 5.82 Å². The Morgan fingerprint density at radius 3 is 2.76 bits per heavy atom. The summed E-state index contributed by atoms with van der Waals surface area (Å²) in [5.74, 6) is 1.44. The standard InChI is InChI=1S/C13H12N4/c14-7-9-16-12-6-8-15-13(17-12)10-11-4-2-1-3-5-11/h1-6,8H,9-10H2,(H,15,16,17). The van der Waals surface area contributed by atoms with Gasteiger partial charge in [-0.3, -0.25) is 0 Å². The second-order valence-electron chi connectivity index (χ2n) is 3.53. The van der Waals surface area contributed by atoms with Gasteiger partial charge in [0.1, 0.15) is 18.2 Å². The van der Waals surface area contributed by atoms with E-state index in [1.165, 1.54) is 5.56 Å². The normalized spacial score (nSPS) is 9.59. The van der Waals surface area contributed by atoms with Gasteiger partial charge < -0.3 is 5.32 Å². The molecule has 1 heterocycles. The summed E-state index contributed by atoms with van der Waals surface area (Å²) in [4.78, 5) is 8.54. The fourth-order valence-electron chi connectivity index (χ4n) is 1.49. The molecule has 1 N–H and O–H groups in total. The summed E-state index contributed by atoms with van der Waals surface area (Å²) >= 11 is 0. The van der Waals surface area contributed by atoms with Crippen molar-refractivity contribution in [2.24, 2.45) is 0 Å². The number of rotatable bonds is 4. The zero-order valence-electron chi connectivity index (χ0n) is 9.30. The summed E-state index contributed by atoms with van der Waals surface area (Å²) in [7, 11) is 0. The van der Waals surface area contributed by atoms with Gasteiger partial charge in [-0.15, -0.1) is 0 Å². The van der Waals surface area contributed by atoms with Crippen molar-refractivity contribution in [2.45, 2.75) is 6.42 Å². The van der Waals surface area contributed by atoms with E-state index >= 15 is 0 Å². The molecule has 17 heavy (non-hydrogen) atoms. The van der Waals surface area contributed by atoms with E-state index in [4.69, 9.17) is 5.26 Å². The molecule has 0 saturated heterocycles. The molecule has 2 rings (SSSR count). The Morgan fingerprint density at radius 1 is 1.18 bits per heavy atom. The van der Waals surface area contributed by atoms with E-state index in [2.05, 4.69) is 15.3 Å². The number of nitriles is 1. The van der Waals surface area contributed by atoms with Gasteiger partial charge in [-0.05, 0) is 11.6 Å². The van der Waals surface area contributed by atoms with Crippen molar-refractivity contribution >= 4 is 5.82 Å². The number of aromatic nitrogens is 2. The summed E-state index contributed by atoms with van der Waals surface area (Å²) in [5.41, 5.74) is 1.17. The first-order chi connectivity index (χ1) is 8.38. The average Bonchev–Trinajstić information content (AvgIpc) is 2.38. The van der Waals surface area contributed by atoms with Crippen molar-refractivity contribution in [1.29, 1.82) is 5.26 Å². The summed E-state index contributed by atoms with van der Waals surface area (Å²) in [6.07, 6.45) is 2.40. The van der Waals surface area contributed by atoms with Crippen molar-refractivity contribution in [3.8, 4) is 6.07 Å². The predicted octanol–water partition coefficient (Wildman–Crippen LogP) is 2.00. The van der Waals surface area contributed by atoms with E-state index in [-0.39, 0.29) is 6.54 Å². The van der Waals surface area contributed by atoms with Crippen LogP contribution in [-0.4, -0.2) is 16.5 Å². The number of benzene rings is 1. The molecule has 0 bridgehead atoms. The van der Waals surface area contributed by atoms with Crippen molar-refractivity contribution in [3.05, 3.63) is 54.0 Å². The van der Waals surface area contributed by atoms with Crippen LogP contribution in [0.15, 0.2) is 42.6 Å². The van der Waals surface area contributed by atoms with Crippen molar-refractivity contribution in [2.75, 3.05) is 11.9 Å². The minimum atomic E-state index is 0.252. The highest BCUT2D eigenvalue weighted by Gasteiger charge is 2.00. The van der Waals surface area contributed by atoms with Crippen LogP contribution in [0.3, 0.4) is 0 Å². The molecule has 4 nitrogen and oxygen atoms in total. The molecule has 0 aliphatic carbocycles. The number of anilines is 1. The average molecular weight is 224 g/mol. The molecule has 84 valence electrons. The van der Waals surface area contributed by atoms with E-state index in [9.17, 15) is 0 Å². The molecular weight excluding hydrogens is 212 g/mol. The molecule has 0 aliphatic rings. The van der Waals surface area contributed by atoms with E-state index in [1.807, 2.05) is 36.4 Å². The quantitative estimate of drug-likeness (QED) is 0.807. The second kappa shape index (κ2) is 5.61. The van der Waals surface area contributed by atoms with Crippen LogP contribution in [0.1, 0.15) is 11.4 Å². The Balaban J connectivity index is 2.09. The summed E-state index contributed by atoms with van der Waals surface area (Å²) < 4.78 is 0. The molecular formula is C13H12N4. The summed E-state index contributed by atoms with van der Waals surface area (Å²) in [5, 5.41) is 11.4. The number of hydrogen-bond donors (Lipinski definition) is 1. The third kappa shape index (κ3) is 3.28. The topological polar surface area (TPSA) is 61.6 Å². The van der Waals surface area contributed by atoms with E-state index < -0.39 is 0 Å². The van der Waals surface area contributed by atoms with Gasteiger partial charge in [0.25, 0.3) is 0 Å². The predicted molar refractivity (Wildman–Crippen MR) is 65.4 cm³/mol. The van der Waals surface area contributed by atoms with Crippen LogP contribution in [0.25, 0.3) is 0 Å². The van der Waals surface area contributed by atoms with Crippen LogP contribution in [0.2, 0.25) is 0 Å². The fourth-order valence-corrected chi connectivity index (χ4v) is 1.49. The number of nitrogens with zero attached hydrogens (tertiary/aromatic N) is 3. The smallest absolute Gasteiger partial charge is 0.135 e. The first-order valence-corrected chi connectivity index (χ1v) is 5.35. The van der Waals surface area contributed by atoms with Gasteiger partial charge in [-0.2, -0.15) is 5.26 Å². The van der Waals surface area contributed by atoms with E-state index in [1.54, 1.807) is 12.3 Å². The van der Waals surface area contributed by atoms with Gasteiger partial charge in [0, 0.05) is 12.6 Å². The minimum Gasteiger partial charge on any atom is -0.357 e. The molecule has 0 amide bonds. The monoisotopic (exact) mass is 224 g/mol. The maximum Gasteiger partial charge on any atom is 0.135 e. The third-order valence-electron chi connectivity index (χ3n) is 2.26. The Kier molecular flexibility index (Phi) is 3.66. The van der Waals surface area contributed by atoms with Crippen LogP contribution in [-0.2, 0) is 6.42 Å². The summed E-state index contributed by atoms with van der Waals surface area (Å²) in [6.45, 7) is 0.252. The van der Waals surface area contributed by atoms with E-state index in [0.717, 1.165) is 5.82 Å². The van der Waals surface area contributed by atoms with Crippen LogP contribution in [0.5, 0.6) is 0 Å². The Hall–Kier alpha value is -2.41. The molecule has 0 aliphatic heterocycles. The SMILES string of the molecule is N#CCNc1ccnc(Cc2ccccc2)n1. The molecule has 0 atom stereocenters. The lowest BCUT2D eigenvalue weighted by molar-refractivity contribution is 0.966. The van der Waals surface area contributed by atoms with Gasteiger partial charge in [0.05, 0.1) is 6.07 Å². The molecule has 0 unspecified atom stereocenters. The Morgan fingerprint density at radius 2 is 2.00 bits per heavy atom. The zero-order chi connectivity index (χ0) is 11.9. The zero-order valence-corrected chi connectivity index (χ0v) is 9.30. The minimum absolute atomic E-state index is 0.252. The van der Waals surface area contributed by atoms with Crippen LogP contribution >= 0.6 is 0 Å². The second-order valence-corrected chi connectivity index (χ2v) is 3.53. The van der Waals surface area contributed by atoms with Crippen molar-refractivity contribution in [1.82, 2.24) is 9.97 Å². The van der Waals surface area contributed by atoms with Crippen LogP contribution < -0.4 is 5.32 Å². The van der Waals surface area contributed by atoms with E-state index in [0.29, 0.717) is 12.2 Å². The lowest BCUT2D eigenvalue weighted by atomic mass is 10.1.